The molecule has 1 atom stereocenters. The molecule has 6 nitrogen and oxygen atoms in total. The van der Waals surface area contributed by atoms with Gasteiger partial charge in [-0.1, -0.05) is 18.2 Å². The van der Waals surface area contributed by atoms with E-state index in [2.05, 4.69) is 16.8 Å². The SMILES string of the molecule is CCn1c(C(C)NC(=O)c2cccc3c2OCO3)nc2ccccc21. The molecule has 1 aromatic heterocycles. The third-order valence-electron chi connectivity index (χ3n) is 4.38. The van der Waals surface area contributed by atoms with E-state index in [0.717, 1.165) is 23.4 Å². The van der Waals surface area contributed by atoms with E-state index in [9.17, 15) is 4.79 Å². The van der Waals surface area contributed by atoms with E-state index in [4.69, 9.17) is 14.5 Å². The summed E-state index contributed by atoms with van der Waals surface area (Å²) < 4.78 is 12.9. The maximum absolute atomic E-state index is 12.7. The molecule has 128 valence electrons. The Labute approximate surface area is 145 Å². The maximum atomic E-state index is 12.7. The highest BCUT2D eigenvalue weighted by atomic mass is 16.7. The van der Waals surface area contributed by atoms with Crippen LogP contribution >= 0.6 is 0 Å². The molecule has 0 aliphatic carbocycles. The molecule has 1 amide bonds. The van der Waals surface area contributed by atoms with E-state index in [1.165, 1.54) is 0 Å². The predicted molar refractivity (Wildman–Crippen MR) is 93.9 cm³/mol. The summed E-state index contributed by atoms with van der Waals surface area (Å²) in [6.45, 7) is 4.93. The summed E-state index contributed by atoms with van der Waals surface area (Å²) >= 11 is 0. The monoisotopic (exact) mass is 337 g/mol. The van der Waals surface area contributed by atoms with Gasteiger partial charge >= 0.3 is 0 Å². The van der Waals surface area contributed by atoms with Gasteiger partial charge in [-0.05, 0) is 38.1 Å². The van der Waals surface area contributed by atoms with Crippen LogP contribution in [0, 0.1) is 0 Å². The second-order valence-corrected chi connectivity index (χ2v) is 5.94. The van der Waals surface area contributed by atoms with Crippen molar-refractivity contribution in [3.05, 3.63) is 53.9 Å². The van der Waals surface area contributed by atoms with Gasteiger partial charge in [0.1, 0.15) is 5.82 Å². The largest absolute Gasteiger partial charge is 0.454 e. The van der Waals surface area contributed by atoms with Crippen LogP contribution in [0.3, 0.4) is 0 Å². The molecule has 0 saturated heterocycles. The van der Waals surface area contributed by atoms with Gasteiger partial charge in [0.05, 0.1) is 22.6 Å². The third kappa shape index (κ3) is 2.59. The molecule has 0 fully saturated rings. The summed E-state index contributed by atoms with van der Waals surface area (Å²) in [4.78, 5) is 17.4. The van der Waals surface area contributed by atoms with Gasteiger partial charge in [-0.2, -0.15) is 0 Å². The minimum atomic E-state index is -0.238. The van der Waals surface area contributed by atoms with Crippen molar-refractivity contribution in [2.45, 2.75) is 26.4 Å². The normalized spacial score (nSPS) is 13.8. The lowest BCUT2D eigenvalue weighted by molar-refractivity contribution is 0.0933. The fraction of sp³-hybridized carbons (Fsp3) is 0.263. The van der Waals surface area contributed by atoms with Crippen molar-refractivity contribution in [3.63, 3.8) is 0 Å². The maximum Gasteiger partial charge on any atom is 0.255 e. The molecule has 0 radical (unpaired) electrons. The Morgan fingerprint density at radius 3 is 2.92 bits per heavy atom. The minimum Gasteiger partial charge on any atom is -0.454 e. The quantitative estimate of drug-likeness (QED) is 0.793. The number of nitrogens with zero attached hydrogens (tertiary/aromatic N) is 2. The second-order valence-electron chi connectivity index (χ2n) is 5.94. The van der Waals surface area contributed by atoms with Crippen LogP contribution < -0.4 is 14.8 Å². The molecule has 3 aromatic rings. The Kier molecular flexibility index (Phi) is 3.80. The van der Waals surface area contributed by atoms with Crippen molar-refractivity contribution in [1.29, 1.82) is 0 Å². The molecule has 1 aliphatic heterocycles. The lowest BCUT2D eigenvalue weighted by Gasteiger charge is -2.16. The molecule has 1 unspecified atom stereocenters. The van der Waals surface area contributed by atoms with Gasteiger partial charge in [0, 0.05) is 6.54 Å². The number of para-hydroxylation sites is 3. The third-order valence-corrected chi connectivity index (χ3v) is 4.38. The summed E-state index contributed by atoms with van der Waals surface area (Å²) in [5.41, 5.74) is 2.47. The summed E-state index contributed by atoms with van der Waals surface area (Å²) in [7, 11) is 0. The molecular formula is C19H19N3O3. The number of aromatic nitrogens is 2. The number of aryl methyl sites for hydroxylation is 1. The minimum absolute atomic E-state index is 0.140. The van der Waals surface area contributed by atoms with Crippen LogP contribution in [0.1, 0.15) is 36.1 Å². The lowest BCUT2D eigenvalue weighted by Crippen LogP contribution is -2.28. The van der Waals surface area contributed by atoms with Crippen LogP contribution in [-0.2, 0) is 6.54 Å². The van der Waals surface area contributed by atoms with Crippen LogP contribution in [0.25, 0.3) is 11.0 Å². The van der Waals surface area contributed by atoms with Crippen LogP contribution in [0.2, 0.25) is 0 Å². The van der Waals surface area contributed by atoms with Crippen molar-refractivity contribution >= 4 is 16.9 Å². The van der Waals surface area contributed by atoms with Crippen LogP contribution in [0.4, 0.5) is 0 Å². The van der Waals surface area contributed by atoms with Crippen LogP contribution in [0.15, 0.2) is 42.5 Å². The zero-order valence-electron chi connectivity index (χ0n) is 14.2. The highest BCUT2D eigenvalue weighted by Gasteiger charge is 2.24. The van der Waals surface area contributed by atoms with E-state index < -0.39 is 0 Å². The highest BCUT2D eigenvalue weighted by molar-refractivity contribution is 5.98. The standard InChI is InChI=1S/C19H19N3O3/c1-3-22-15-9-5-4-8-14(15)21-18(22)12(2)20-19(23)13-7-6-10-16-17(13)25-11-24-16/h4-10,12H,3,11H2,1-2H3,(H,20,23). The van der Waals surface area contributed by atoms with Crippen molar-refractivity contribution in [2.24, 2.45) is 0 Å². The number of nitrogens with one attached hydrogen (secondary N) is 1. The van der Waals surface area contributed by atoms with E-state index in [-0.39, 0.29) is 18.7 Å². The van der Waals surface area contributed by atoms with Gasteiger partial charge < -0.3 is 19.4 Å². The van der Waals surface area contributed by atoms with Crippen molar-refractivity contribution in [1.82, 2.24) is 14.9 Å². The topological polar surface area (TPSA) is 65.4 Å². The van der Waals surface area contributed by atoms with Crippen molar-refractivity contribution in [3.8, 4) is 11.5 Å². The first kappa shape index (κ1) is 15.5. The number of carbonyl (C=O) groups is 1. The predicted octanol–water partition coefficient (Wildman–Crippen LogP) is 3.28. The van der Waals surface area contributed by atoms with E-state index in [0.29, 0.717) is 17.1 Å². The molecule has 25 heavy (non-hydrogen) atoms. The fourth-order valence-corrected chi connectivity index (χ4v) is 3.21. The fourth-order valence-electron chi connectivity index (χ4n) is 3.21. The zero-order chi connectivity index (χ0) is 17.4. The summed E-state index contributed by atoms with van der Waals surface area (Å²) in [5, 5.41) is 3.02. The molecule has 1 N–H and O–H groups in total. The first-order chi connectivity index (χ1) is 12.2. The van der Waals surface area contributed by atoms with Crippen LogP contribution in [0.5, 0.6) is 11.5 Å². The van der Waals surface area contributed by atoms with Gasteiger partial charge in [-0.25, -0.2) is 4.98 Å². The van der Waals surface area contributed by atoms with Crippen molar-refractivity contribution < 1.29 is 14.3 Å². The smallest absolute Gasteiger partial charge is 0.255 e. The molecule has 4 rings (SSSR count). The highest BCUT2D eigenvalue weighted by Crippen LogP contribution is 2.35. The van der Waals surface area contributed by atoms with Crippen molar-refractivity contribution in [2.75, 3.05) is 6.79 Å². The van der Waals surface area contributed by atoms with E-state index in [1.807, 2.05) is 31.2 Å². The average Bonchev–Trinajstić information content (AvgIpc) is 3.25. The Hall–Kier alpha value is -3.02. The number of carbonyl (C=O) groups excluding carboxylic acids is 1. The number of rotatable bonds is 4. The number of ether oxygens (including phenoxy) is 2. The second kappa shape index (κ2) is 6.12. The number of fused-ring (bicyclic) bond motifs is 2. The average molecular weight is 337 g/mol. The molecule has 2 heterocycles. The molecular weight excluding hydrogens is 318 g/mol. The molecule has 1 aliphatic rings. The van der Waals surface area contributed by atoms with Crippen LogP contribution in [-0.4, -0.2) is 22.3 Å². The van der Waals surface area contributed by atoms with Gasteiger partial charge in [0.25, 0.3) is 5.91 Å². The molecule has 2 aromatic carbocycles. The molecule has 6 heteroatoms. The number of hydrogen-bond acceptors (Lipinski definition) is 4. The van der Waals surface area contributed by atoms with E-state index in [1.54, 1.807) is 18.2 Å². The van der Waals surface area contributed by atoms with E-state index >= 15 is 0 Å². The Morgan fingerprint density at radius 2 is 2.08 bits per heavy atom. The summed E-state index contributed by atoms with van der Waals surface area (Å²) in [6, 6.07) is 13.1. The van der Waals surface area contributed by atoms with Gasteiger partial charge in [0.2, 0.25) is 6.79 Å². The van der Waals surface area contributed by atoms with Gasteiger partial charge in [0.15, 0.2) is 11.5 Å². The Balaban J connectivity index is 1.63. The first-order valence-electron chi connectivity index (χ1n) is 8.33. The summed E-state index contributed by atoms with van der Waals surface area (Å²) in [6.07, 6.45) is 0. The molecule has 0 bridgehead atoms. The van der Waals surface area contributed by atoms with Gasteiger partial charge in [-0.15, -0.1) is 0 Å². The zero-order valence-corrected chi connectivity index (χ0v) is 14.2. The number of amides is 1. The first-order valence-corrected chi connectivity index (χ1v) is 8.33. The summed E-state index contributed by atoms with van der Waals surface area (Å²) in [5.74, 6) is 1.73. The molecule has 0 saturated carbocycles. The number of hydrogen-bond donors (Lipinski definition) is 1. The molecule has 0 spiro atoms. The number of imidazole rings is 1. The Morgan fingerprint density at radius 1 is 1.24 bits per heavy atom. The Bertz CT molecular complexity index is 948. The van der Waals surface area contributed by atoms with Gasteiger partial charge in [-0.3, -0.25) is 4.79 Å². The number of benzene rings is 2. The lowest BCUT2D eigenvalue weighted by atomic mass is 10.1.